The molecule has 3 aromatic carbocycles. The minimum absolute atomic E-state index is 0.0290. The first kappa shape index (κ1) is 20.2. The van der Waals surface area contributed by atoms with Gasteiger partial charge >= 0.3 is 0 Å². The van der Waals surface area contributed by atoms with E-state index in [-0.39, 0.29) is 18.4 Å². The number of ether oxygens (including phenoxy) is 1. The van der Waals surface area contributed by atoms with Crippen molar-refractivity contribution in [1.29, 1.82) is 5.26 Å². The summed E-state index contributed by atoms with van der Waals surface area (Å²) in [6.07, 6.45) is 1.11. The largest absolute Gasteiger partial charge is 0.457 e. The zero-order valence-electron chi connectivity index (χ0n) is 17.1. The number of nitrogens with zero attached hydrogens (tertiary/aromatic N) is 2. The Hall–Kier alpha value is -4.11. The summed E-state index contributed by atoms with van der Waals surface area (Å²) < 4.78 is 5.82. The number of nitriles is 1. The molecule has 0 bridgehead atoms. The number of para-hydroxylation sites is 1. The number of hydrogen-bond acceptors (Lipinski definition) is 4. The molecule has 2 amide bonds. The first-order valence-electron chi connectivity index (χ1n) is 10.0. The van der Waals surface area contributed by atoms with Gasteiger partial charge < -0.3 is 15.0 Å². The standard InChI is InChI=1S/C25H21N3O3/c1-17-14-21(31-20-9-6-18(15-26)7-10-20)11-12-22(17)27-24(29)16-28-23-5-3-2-4-19(23)8-13-25(28)30/h2-7,9-12,14H,8,13,16H2,1H3,(H,27,29). The Labute approximate surface area is 180 Å². The third-order valence-electron chi connectivity index (χ3n) is 5.18. The number of fused-ring (bicyclic) bond motifs is 1. The van der Waals surface area contributed by atoms with Gasteiger partial charge in [-0.2, -0.15) is 5.26 Å². The summed E-state index contributed by atoms with van der Waals surface area (Å²) in [5, 5.41) is 11.8. The minimum Gasteiger partial charge on any atom is -0.457 e. The van der Waals surface area contributed by atoms with Crippen LogP contribution in [0, 0.1) is 18.3 Å². The Kier molecular flexibility index (Phi) is 5.67. The van der Waals surface area contributed by atoms with Gasteiger partial charge in [0.1, 0.15) is 18.0 Å². The van der Waals surface area contributed by atoms with Crippen molar-refractivity contribution in [2.45, 2.75) is 19.8 Å². The monoisotopic (exact) mass is 411 g/mol. The molecule has 0 atom stereocenters. The molecule has 0 saturated carbocycles. The van der Waals surface area contributed by atoms with Gasteiger partial charge in [0, 0.05) is 17.8 Å². The predicted octanol–water partition coefficient (Wildman–Crippen LogP) is 4.58. The van der Waals surface area contributed by atoms with Crippen LogP contribution < -0.4 is 15.0 Å². The molecule has 6 nitrogen and oxygen atoms in total. The van der Waals surface area contributed by atoms with Crippen molar-refractivity contribution in [3.8, 4) is 17.6 Å². The molecule has 0 saturated heterocycles. The van der Waals surface area contributed by atoms with E-state index < -0.39 is 0 Å². The number of carbonyl (C=O) groups excluding carboxylic acids is 2. The molecular weight excluding hydrogens is 390 g/mol. The van der Waals surface area contributed by atoms with Gasteiger partial charge in [-0.3, -0.25) is 9.59 Å². The Morgan fingerprint density at radius 3 is 2.55 bits per heavy atom. The summed E-state index contributed by atoms with van der Waals surface area (Å²) in [7, 11) is 0. The first-order valence-corrected chi connectivity index (χ1v) is 10.0. The van der Waals surface area contributed by atoms with E-state index in [0.717, 1.165) is 16.8 Å². The molecule has 0 unspecified atom stereocenters. The van der Waals surface area contributed by atoms with E-state index in [2.05, 4.69) is 11.4 Å². The fraction of sp³-hybridized carbons (Fsp3) is 0.160. The van der Waals surface area contributed by atoms with E-state index in [4.69, 9.17) is 10.00 Å². The lowest BCUT2D eigenvalue weighted by atomic mass is 10.0. The number of rotatable bonds is 5. The van der Waals surface area contributed by atoms with Crippen LogP contribution in [0.1, 0.15) is 23.1 Å². The average Bonchev–Trinajstić information content (AvgIpc) is 2.78. The predicted molar refractivity (Wildman–Crippen MR) is 118 cm³/mol. The second-order valence-corrected chi connectivity index (χ2v) is 7.37. The molecule has 31 heavy (non-hydrogen) atoms. The van der Waals surface area contributed by atoms with Gasteiger partial charge in [0.2, 0.25) is 11.8 Å². The summed E-state index contributed by atoms with van der Waals surface area (Å²) >= 11 is 0. The lowest BCUT2D eigenvalue weighted by molar-refractivity contribution is -0.121. The van der Waals surface area contributed by atoms with Crippen molar-refractivity contribution >= 4 is 23.2 Å². The molecule has 0 aromatic heterocycles. The van der Waals surface area contributed by atoms with E-state index in [1.807, 2.05) is 37.3 Å². The van der Waals surface area contributed by atoms with Crippen LogP contribution in [0.2, 0.25) is 0 Å². The van der Waals surface area contributed by atoms with Crippen LogP contribution >= 0.6 is 0 Å². The van der Waals surface area contributed by atoms with Crippen molar-refractivity contribution < 1.29 is 14.3 Å². The quantitative estimate of drug-likeness (QED) is 0.666. The molecule has 0 radical (unpaired) electrons. The lowest BCUT2D eigenvalue weighted by Crippen LogP contribution is -2.40. The molecule has 0 aliphatic carbocycles. The summed E-state index contributed by atoms with van der Waals surface area (Å²) in [4.78, 5) is 26.6. The first-order chi connectivity index (χ1) is 15.0. The highest BCUT2D eigenvalue weighted by atomic mass is 16.5. The lowest BCUT2D eigenvalue weighted by Gasteiger charge is -2.28. The Morgan fingerprint density at radius 1 is 1.06 bits per heavy atom. The molecule has 0 fully saturated rings. The highest BCUT2D eigenvalue weighted by Crippen LogP contribution is 2.28. The molecular formula is C25H21N3O3. The van der Waals surface area contributed by atoms with Crippen molar-refractivity contribution in [1.82, 2.24) is 0 Å². The smallest absolute Gasteiger partial charge is 0.244 e. The second kappa shape index (κ2) is 8.72. The highest BCUT2D eigenvalue weighted by molar-refractivity contribution is 6.04. The van der Waals surface area contributed by atoms with Gasteiger partial charge in [-0.15, -0.1) is 0 Å². The summed E-state index contributed by atoms with van der Waals surface area (Å²) in [6.45, 7) is 1.85. The zero-order valence-corrected chi connectivity index (χ0v) is 17.1. The number of nitrogens with one attached hydrogen (secondary N) is 1. The third-order valence-corrected chi connectivity index (χ3v) is 5.18. The van der Waals surface area contributed by atoms with Crippen molar-refractivity contribution in [3.05, 3.63) is 83.4 Å². The van der Waals surface area contributed by atoms with Gasteiger partial charge in [0.05, 0.1) is 11.6 Å². The van der Waals surface area contributed by atoms with E-state index in [9.17, 15) is 9.59 Å². The average molecular weight is 411 g/mol. The summed E-state index contributed by atoms with van der Waals surface area (Å²) in [5.74, 6) is 0.948. The van der Waals surface area contributed by atoms with E-state index in [1.165, 1.54) is 0 Å². The number of hydrogen-bond donors (Lipinski definition) is 1. The van der Waals surface area contributed by atoms with Gasteiger partial charge in [-0.05, 0) is 73.0 Å². The van der Waals surface area contributed by atoms with E-state index in [1.54, 1.807) is 41.3 Å². The van der Waals surface area contributed by atoms with Crippen molar-refractivity contribution in [2.75, 3.05) is 16.8 Å². The molecule has 0 spiro atoms. The van der Waals surface area contributed by atoms with Crippen LogP contribution in [0.4, 0.5) is 11.4 Å². The molecule has 3 aromatic rings. The molecule has 1 aliphatic heterocycles. The topological polar surface area (TPSA) is 82.4 Å². The normalized spacial score (nSPS) is 12.6. The maximum Gasteiger partial charge on any atom is 0.244 e. The second-order valence-electron chi connectivity index (χ2n) is 7.37. The number of carbonyl (C=O) groups is 2. The van der Waals surface area contributed by atoms with Crippen LogP contribution in [0.25, 0.3) is 0 Å². The van der Waals surface area contributed by atoms with Crippen LogP contribution in [0.3, 0.4) is 0 Å². The number of amides is 2. The Bertz CT molecular complexity index is 1180. The van der Waals surface area contributed by atoms with Crippen LogP contribution in [0.15, 0.2) is 66.7 Å². The van der Waals surface area contributed by atoms with Gasteiger partial charge in [-0.25, -0.2) is 0 Å². The summed E-state index contributed by atoms with van der Waals surface area (Å²) in [5.41, 5.74) is 3.95. The van der Waals surface area contributed by atoms with E-state index in [0.29, 0.717) is 35.6 Å². The Morgan fingerprint density at radius 2 is 1.81 bits per heavy atom. The zero-order chi connectivity index (χ0) is 21.8. The third kappa shape index (κ3) is 4.57. The number of anilines is 2. The SMILES string of the molecule is Cc1cc(Oc2ccc(C#N)cc2)ccc1NC(=O)CN1C(=O)CCc2ccccc21. The summed E-state index contributed by atoms with van der Waals surface area (Å²) in [6, 6.07) is 22.0. The molecule has 1 aliphatic rings. The van der Waals surface area contributed by atoms with Crippen LogP contribution in [-0.2, 0) is 16.0 Å². The van der Waals surface area contributed by atoms with Crippen LogP contribution in [-0.4, -0.2) is 18.4 Å². The molecule has 1 N–H and O–H groups in total. The fourth-order valence-electron chi connectivity index (χ4n) is 3.58. The maximum atomic E-state index is 12.7. The minimum atomic E-state index is -0.256. The molecule has 154 valence electrons. The molecule has 4 rings (SSSR count). The van der Waals surface area contributed by atoms with Crippen molar-refractivity contribution in [3.63, 3.8) is 0 Å². The number of aryl methyl sites for hydroxylation is 2. The van der Waals surface area contributed by atoms with E-state index >= 15 is 0 Å². The molecule has 1 heterocycles. The fourth-order valence-corrected chi connectivity index (χ4v) is 3.58. The molecule has 6 heteroatoms. The van der Waals surface area contributed by atoms with Gasteiger partial charge in [0.15, 0.2) is 0 Å². The van der Waals surface area contributed by atoms with Crippen LogP contribution in [0.5, 0.6) is 11.5 Å². The number of benzene rings is 3. The highest BCUT2D eigenvalue weighted by Gasteiger charge is 2.25. The Balaban J connectivity index is 1.43. The van der Waals surface area contributed by atoms with Crippen molar-refractivity contribution in [2.24, 2.45) is 0 Å². The van der Waals surface area contributed by atoms with Gasteiger partial charge in [0.25, 0.3) is 0 Å². The maximum absolute atomic E-state index is 12.7. The van der Waals surface area contributed by atoms with Gasteiger partial charge in [-0.1, -0.05) is 18.2 Å².